The van der Waals surface area contributed by atoms with Crippen molar-refractivity contribution in [3.8, 4) is 0 Å². The summed E-state index contributed by atoms with van der Waals surface area (Å²) in [5.41, 5.74) is 11.7. The van der Waals surface area contributed by atoms with E-state index in [9.17, 15) is 0 Å². The molecule has 59 valence electrons. The van der Waals surface area contributed by atoms with E-state index in [0.717, 1.165) is 5.39 Å². The van der Waals surface area contributed by atoms with Gasteiger partial charge in [0.1, 0.15) is 5.82 Å². The smallest absolute Gasteiger partial charge is 0.222 e. The quantitative estimate of drug-likeness (QED) is 0.589. The standard InChI is InChI=1S/C8H7N4/c9-7-5-3-1-2-4-6(5)11-8(10)12-7/h1-3H,(H4,9,10,11,12). The summed E-state index contributed by atoms with van der Waals surface area (Å²) in [4.78, 5) is 7.79. The highest BCUT2D eigenvalue weighted by Crippen LogP contribution is 2.16. The monoisotopic (exact) mass is 159 g/mol. The van der Waals surface area contributed by atoms with Crippen molar-refractivity contribution >= 4 is 22.7 Å². The predicted octanol–water partition coefficient (Wildman–Crippen LogP) is 0.594. The molecule has 0 atom stereocenters. The van der Waals surface area contributed by atoms with Crippen LogP contribution in [0.4, 0.5) is 11.8 Å². The minimum Gasteiger partial charge on any atom is -0.383 e. The van der Waals surface area contributed by atoms with Crippen molar-refractivity contribution in [3.63, 3.8) is 0 Å². The second-order valence-electron chi connectivity index (χ2n) is 2.40. The van der Waals surface area contributed by atoms with Crippen molar-refractivity contribution < 1.29 is 0 Å². The van der Waals surface area contributed by atoms with Crippen LogP contribution in [0.1, 0.15) is 0 Å². The first kappa shape index (κ1) is 6.84. The van der Waals surface area contributed by atoms with Crippen LogP contribution in [0.2, 0.25) is 0 Å². The Morgan fingerprint density at radius 3 is 2.92 bits per heavy atom. The largest absolute Gasteiger partial charge is 0.383 e. The molecule has 4 N–H and O–H groups in total. The Labute approximate surface area is 69.2 Å². The number of aromatic nitrogens is 2. The summed E-state index contributed by atoms with van der Waals surface area (Å²) in [6.07, 6.45) is 0. The molecule has 1 aromatic heterocycles. The molecule has 12 heavy (non-hydrogen) atoms. The van der Waals surface area contributed by atoms with Gasteiger partial charge in [-0.1, -0.05) is 12.1 Å². The number of nitrogens with zero attached hydrogens (tertiary/aromatic N) is 2. The second kappa shape index (κ2) is 2.34. The SMILES string of the molecule is Nc1nc(N)c2ccc[c]c2n1. The van der Waals surface area contributed by atoms with Crippen LogP contribution >= 0.6 is 0 Å². The van der Waals surface area contributed by atoms with Gasteiger partial charge in [0.25, 0.3) is 0 Å². The molecule has 0 amide bonds. The third-order valence-electron chi connectivity index (χ3n) is 1.57. The Morgan fingerprint density at radius 1 is 1.25 bits per heavy atom. The Balaban J connectivity index is 2.89. The molecule has 2 aromatic rings. The van der Waals surface area contributed by atoms with Crippen LogP contribution in [0.25, 0.3) is 10.9 Å². The maximum atomic E-state index is 5.61. The molecular weight excluding hydrogens is 152 g/mol. The molecule has 0 bridgehead atoms. The average molecular weight is 159 g/mol. The molecule has 0 fully saturated rings. The van der Waals surface area contributed by atoms with Gasteiger partial charge in [0.2, 0.25) is 5.95 Å². The third-order valence-corrected chi connectivity index (χ3v) is 1.57. The highest BCUT2D eigenvalue weighted by molar-refractivity contribution is 5.88. The fourth-order valence-electron chi connectivity index (χ4n) is 1.05. The van der Waals surface area contributed by atoms with Gasteiger partial charge in [-0.2, -0.15) is 4.98 Å². The van der Waals surface area contributed by atoms with Crippen LogP contribution in [-0.2, 0) is 0 Å². The van der Waals surface area contributed by atoms with Gasteiger partial charge in [-0.25, -0.2) is 4.98 Å². The molecule has 2 rings (SSSR count). The lowest BCUT2D eigenvalue weighted by Gasteiger charge is -1.99. The number of hydrogen-bond acceptors (Lipinski definition) is 4. The molecule has 4 nitrogen and oxygen atoms in total. The summed E-state index contributed by atoms with van der Waals surface area (Å²) >= 11 is 0. The fourth-order valence-corrected chi connectivity index (χ4v) is 1.05. The average Bonchev–Trinajstić information content (AvgIpc) is 2.04. The number of rotatable bonds is 0. The van der Waals surface area contributed by atoms with Crippen LogP contribution < -0.4 is 11.5 Å². The third kappa shape index (κ3) is 0.934. The highest BCUT2D eigenvalue weighted by atomic mass is 15.0. The van der Waals surface area contributed by atoms with Crippen LogP contribution in [0.5, 0.6) is 0 Å². The van der Waals surface area contributed by atoms with E-state index in [4.69, 9.17) is 11.5 Å². The van der Waals surface area contributed by atoms with Gasteiger partial charge < -0.3 is 11.5 Å². The zero-order chi connectivity index (χ0) is 8.55. The van der Waals surface area contributed by atoms with E-state index in [-0.39, 0.29) is 5.95 Å². The van der Waals surface area contributed by atoms with Gasteiger partial charge >= 0.3 is 0 Å². The van der Waals surface area contributed by atoms with E-state index in [0.29, 0.717) is 11.3 Å². The maximum Gasteiger partial charge on any atom is 0.222 e. The molecule has 0 spiro atoms. The van der Waals surface area contributed by atoms with E-state index in [1.54, 1.807) is 6.07 Å². The molecule has 0 unspecified atom stereocenters. The van der Waals surface area contributed by atoms with Gasteiger partial charge in [0.05, 0.1) is 5.52 Å². The summed E-state index contributed by atoms with van der Waals surface area (Å²) in [5.74, 6) is 0.580. The molecule has 0 saturated heterocycles. The van der Waals surface area contributed by atoms with E-state index < -0.39 is 0 Å². The Bertz CT molecular complexity index is 424. The first-order valence-corrected chi connectivity index (χ1v) is 3.47. The van der Waals surface area contributed by atoms with Crippen molar-refractivity contribution in [2.75, 3.05) is 11.5 Å². The molecule has 0 aliphatic heterocycles. The van der Waals surface area contributed by atoms with Crippen molar-refractivity contribution in [3.05, 3.63) is 24.3 Å². The van der Waals surface area contributed by atoms with Crippen LogP contribution in [0.3, 0.4) is 0 Å². The molecule has 1 heterocycles. The van der Waals surface area contributed by atoms with Crippen LogP contribution in [-0.4, -0.2) is 9.97 Å². The van der Waals surface area contributed by atoms with Gasteiger partial charge in [-0.15, -0.1) is 0 Å². The van der Waals surface area contributed by atoms with Crippen molar-refractivity contribution in [1.29, 1.82) is 0 Å². The van der Waals surface area contributed by atoms with Gasteiger partial charge in [0, 0.05) is 11.5 Å². The Morgan fingerprint density at radius 2 is 2.08 bits per heavy atom. The van der Waals surface area contributed by atoms with Crippen molar-refractivity contribution in [2.24, 2.45) is 0 Å². The lowest BCUT2D eigenvalue weighted by Crippen LogP contribution is -1.99. The fraction of sp³-hybridized carbons (Fsp3) is 0. The lowest BCUT2D eigenvalue weighted by molar-refractivity contribution is 1.24. The first-order chi connectivity index (χ1) is 5.77. The molecule has 1 radical (unpaired) electrons. The number of para-hydroxylation sites is 1. The number of benzene rings is 1. The van der Waals surface area contributed by atoms with E-state index >= 15 is 0 Å². The predicted molar refractivity (Wildman–Crippen MR) is 47.2 cm³/mol. The zero-order valence-electron chi connectivity index (χ0n) is 6.28. The summed E-state index contributed by atoms with van der Waals surface area (Å²) in [7, 11) is 0. The summed E-state index contributed by atoms with van der Waals surface area (Å²) < 4.78 is 0. The maximum absolute atomic E-state index is 5.61. The molecular formula is C8H7N4. The van der Waals surface area contributed by atoms with Crippen molar-refractivity contribution in [2.45, 2.75) is 0 Å². The second-order valence-corrected chi connectivity index (χ2v) is 2.40. The summed E-state index contributed by atoms with van der Waals surface area (Å²) in [6, 6.07) is 8.35. The van der Waals surface area contributed by atoms with Crippen LogP contribution in [0.15, 0.2) is 18.2 Å². The molecule has 0 aliphatic rings. The minimum atomic E-state index is 0.183. The van der Waals surface area contributed by atoms with E-state index in [2.05, 4.69) is 16.0 Å². The minimum absolute atomic E-state index is 0.183. The Kier molecular flexibility index (Phi) is 1.33. The van der Waals surface area contributed by atoms with Gasteiger partial charge in [0.15, 0.2) is 0 Å². The van der Waals surface area contributed by atoms with Crippen molar-refractivity contribution in [1.82, 2.24) is 9.97 Å². The number of anilines is 2. The van der Waals surface area contributed by atoms with E-state index in [1.807, 2.05) is 12.1 Å². The molecule has 1 aromatic carbocycles. The first-order valence-electron chi connectivity index (χ1n) is 3.47. The molecule has 4 heteroatoms. The number of nitrogen functional groups attached to an aromatic ring is 2. The molecule has 0 aliphatic carbocycles. The number of hydrogen-bond donors (Lipinski definition) is 2. The normalized spacial score (nSPS) is 10.3. The topological polar surface area (TPSA) is 77.8 Å². The Hall–Kier alpha value is -1.84. The lowest BCUT2D eigenvalue weighted by atomic mass is 10.2. The van der Waals surface area contributed by atoms with Gasteiger partial charge in [-0.3, -0.25) is 0 Å². The number of fused-ring (bicyclic) bond motifs is 1. The number of nitrogens with two attached hydrogens (primary N) is 2. The zero-order valence-corrected chi connectivity index (χ0v) is 6.28. The van der Waals surface area contributed by atoms with Crippen LogP contribution in [0, 0.1) is 6.07 Å². The van der Waals surface area contributed by atoms with Gasteiger partial charge in [-0.05, 0) is 6.07 Å². The van der Waals surface area contributed by atoms with E-state index in [1.165, 1.54) is 0 Å². The summed E-state index contributed by atoms with van der Waals surface area (Å²) in [5, 5.41) is 0.784. The molecule has 0 saturated carbocycles. The summed E-state index contributed by atoms with van der Waals surface area (Å²) in [6.45, 7) is 0. The highest BCUT2D eigenvalue weighted by Gasteiger charge is 2.00.